The second-order valence-electron chi connectivity index (χ2n) is 5.29. The van der Waals surface area contributed by atoms with Gasteiger partial charge in [-0.25, -0.2) is 4.99 Å². The summed E-state index contributed by atoms with van der Waals surface area (Å²) in [6, 6.07) is 8.20. The van der Waals surface area contributed by atoms with Crippen LogP contribution in [-0.4, -0.2) is 50.6 Å². The minimum atomic E-state index is 0.0101. The molecule has 6 nitrogen and oxygen atoms in total. The Labute approximate surface area is 138 Å². The summed E-state index contributed by atoms with van der Waals surface area (Å²) >= 11 is 0. The highest BCUT2D eigenvalue weighted by Gasteiger charge is 2.05. The summed E-state index contributed by atoms with van der Waals surface area (Å²) in [6.07, 6.45) is 0. The zero-order valence-corrected chi connectivity index (χ0v) is 14.6. The van der Waals surface area contributed by atoms with Crippen molar-refractivity contribution in [3.63, 3.8) is 0 Å². The molecule has 1 aromatic carbocycles. The van der Waals surface area contributed by atoms with Crippen molar-refractivity contribution < 1.29 is 9.53 Å². The molecule has 0 fully saturated rings. The Bertz CT molecular complexity index is 498. The standard InChI is InChI=1S/C17H28N4O2/c1-5-18-17(20-12-16(22)21(3)4)19-11-14-7-9-15(10-8-14)13-23-6-2/h7-10H,5-6,11-13H2,1-4H3,(H2,18,19,20). The normalized spacial score (nSPS) is 11.2. The van der Waals surface area contributed by atoms with Gasteiger partial charge in [0.1, 0.15) is 0 Å². The molecule has 1 amide bonds. The van der Waals surface area contributed by atoms with Crippen molar-refractivity contribution in [1.82, 2.24) is 15.5 Å². The van der Waals surface area contributed by atoms with Gasteiger partial charge in [-0.1, -0.05) is 24.3 Å². The van der Waals surface area contributed by atoms with Crippen molar-refractivity contribution in [2.24, 2.45) is 4.99 Å². The number of carbonyl (C=O) groups excluding carboxylic acids is 1. The number of hydrogen-bond acceptors (Lipinski definition) is 3. The van der Waals surface area contributed by atoms with E-state index >= 15 is 0 Å². The van der Waals surface area contributed by atoms with Gasteiger partial charge in [0, 0.05) is 27.2 Å². The molecule has 1 aromatic rings. The Balaban J connectivity index is 2.57. The molecule has 0 heterocycles. The zero-order valence-electron chi connectivity index (χ0n) is 14.6. The molecule has 6 heteroatoms. The Morgan fingerprint density at radius 2 is 1.78 bits per heavy atom. The van der Waals surface area contributed by atoms with Gasteiger partial charge in [0.2, 0.25) is 5.91 Å². The summed E-state index contributed by atoms with van der Waals surface area (Å²) in [4.78, 5) is 17.7. The van der Waals surface area contributed by atoms with Crippen LogP contribution in [0.2, 0.25) is 0 Å². The Morgan fingerprint density at radius 3 is 2.35 bits per heavy atom. The minimum Gasteiger partial charge on any atom is -0.377 e. The largest absolute Gasteiger partial charge is 0.377 e. The van der Waals surface area contributed by atoms with Crippen LogP contribution in [0.4, 0.5) is 0 Å². The first-order valence-corrected chi connectivity index (χ1v) is 7.94. The van der Waals surface area contributed by atoms with Crippen molar-refractivity contribution in [3.05, 3.63) is 35.4 Å². The van der Waals surface area contributed by atoms with Crippen molar-refractivity contribution in [1.29, 1.82) is 0 Å². The molecule has 0 bridgehead atoms. The van der Waals surface area contributed by atoms with Crippen molar-refractivity contribution in [2.45, 2.75) is 27.0 Å². The zero-order chi connectivity index (χ0) is 17.1. The van der Waals surface area contributed by atoms with E-state index in [1.165, 1.54) is 0 Å². The topological polar surface area (TPSA) is 66.0 Å². The highest BCUT2D eigenvalue weighted by molar-refractivity contribution is 5.86. The van der Waals surface area contributed by atoms with E-state index in [-0.39, 0.29) is 12.5 Å². The van der Waals surface area contributed by atoms with Crippen molar-refractivity contribution >= 4 is 11.9 Å². The molecule has 0 radical (unpaired) electrons. The number of rotatable bonds is 8. The lowest BCUT2D eigenvalue weighted by Gasteiger charge is -2.14. The molecule has 23 heavy (non-hydrogen) atoms. The molecular weight excluding hydrogens is 292 g/mol. The summed E-state index contributed by atoms with van der Waals surface area (Å²) in [5.41, 5.74) is 2.27. The van der Waals surface area contributed by atoms with E-state index in [0.717, 1.165) is 24.3 Å². The molecule has 2 N–H and O–H groups in total. The Kier molecular flexibility index (Phi) is 8.75. The van der Waals surface area contributed by atoms with Crippen molar-refractivity contribution in [3.8, 4) is 0 Å². The van der Waals surface area contributed by atoms with Crippen LogP contribution in [0, 0.1) is 0 Å². The quantitative estimate of drug-likeness (QED) is 0.561. The number of nitrogens with one attached hydrogen (secondary N) is 2. The van der Waals surface area contributed by atoms with Crippen LogP contribution in [0.25, 0.3) is 0 Å². The van der Waals surface area contributed by atoms with E-state index in [1.807, 2.05) is 26.0 Å². The minimum absolute atomic E-state index is 0.0101. The SMILES string of the molecule is CCNC(=NCc1ccc(COCC)cc1)NCC(=O)N(C)C. The predicted molar refractivity (Wildman–Crippen MR) is 93.3 cm³/mol. The summed E-state index contributed by atoms with van der Waals surface area (Å²) < 4.78 is 5.38. The van der Waals surface area contributed by atoms with Gasteiger partial charge in [-0.2, -0.15) is 0 Å². The van der Waals surface area contributed by atoms with Gasteiger partial charge in [-0.15, -0.1) is 0 Å². The number of nitrogens with zero attached hydrogens (tertiary/aromatic N) is 2. The third-order valence-corrected chi connectivity index (χ3v) is 3.17. The third kappa shape index (κ3) is 7.65. The number of amides is 1. The molecule has 0 spiro atoms. The third-order valence-electron chi connectivity index (χ3n) is 3.17. The summed E-state index contributed by atoms with van der Waals surface area (Å²) in [7, 11) is 3.47. The van der Waals surface area contributed by atoms with E-state index in [0.29, 0.717) is 19.1 Å². The van der Waals surface area contributed by atoms with E-state index < -0.39 is 0 Å². The Hall–Kier alpha value is -2.08. The lowest BCUT2D eigenvalue weighted by Crippen LogP contribution is -2.42. The molecule has 0 atom stereocenters. The Morgan fingerprint density at radius 1 is 1.13 bits per heavy atom. The van der Waals surface area contributed by atoms with Gasteiger partial charge in [0.05, 0.1) is 19.7 Å². The number of ether oxygens (including phenoxy) is 1. The molecule has 0 unspecified atom stereocenters. The fraction of sp³-hybridized carbons (Fsp3) is 0.529. The number of carbonyl (C=O) groups is 1. The van der Waals surface area contributed by atoms with Crippen LogP contribution >= 0.6 is 0 Å². The van der Waals surface area contributed by atoms with E-state index in [1.54, 1.807) is 19.0 Å². The summed E-state index contributed by atoms with van der Waals surface area (Å²) in [6.45, 7) is 6.86. The van der Waals surface area contributed by atoms with Crippen LogP contribution in [0.15, 0.2) is 29.3 Å². The highest BCUT2D eigenvalue weighted by atomic mass is 16.5. The van der Waals surface area contributed by atoms with Gasteiger partial charge in [-0.3, -0.25) is 4.79 Å². The van der Waals surface area contributed by atoms with Crippen LogP contribution in [0.3, 0.4) is 0 Å². The molecule has 0 aliphatic carbocycles. The summed E-state index contributed by atoms with van der Waals surface area (Å²) in [5.74, 6) is 0.650. The lowest BCUT2D eigenvalue weighted by atomic mass is 10.1. The molecule has 0 aliphatic rings. The van der Waals surface area contributed by atoms with Crippen molar-refractivity contribution in [2.75, 3.05) is 33.8 Å². The number of aliphatic imine (C=N–C) groups is 1. The monoisotopic (exact) mass is 320 g/mol. The smallest absolute Gasteiger partial charge is 0.241 e. The van der Waals surface area contributed by atoms with Gasteiger partial charge >= 0.3 is 0 Å². The average molecular weight is 320 g/mol. The maximum atomic E-state index is 11.6. The first-order chi connectivity index (χ1) is 11.1. The molecule has 1 rings (SSSR count). The van der Waals surface area contributed by atoms with E-state index in [2.05, 4.69) is 27.8 Å². The van der Waals surface area contributed by atoms with Crippen LogP contribution in [-0.2, 0) is 22.7 Å². The number of hydrogen-bond donors (Lipinski definition) is 2. The van der Waals surface area contributed by atoms with Crippen LogP contribution in [0.1, 0.15) is 25.0 Å². The first-order valence-electron chi connectivity index (χ1n) is 7.94. The maximum absolute atomic E-state index is 11.6. The van der Waals surface area contributed by atoms with E-state index in [4.69, 9.17) is 4.74 Å². The molecule has 0 aromatic heterocycles. The highest BCUT2D eigenvalue weighted by Crippen LogP contribution is 2.07. The van der Waals surface area contributed by atoms with Crippen LogP contribution < -0.4 is 10.6 Å². The molecular formula is C17H28N4O2. The second-order valence-corrected chi connectivity index (χ2v) is 5.29. The predicted octanol–water partition coefficient (Wildman–Crippen LogP) is 1.37. The maximum Gasteiger partial charge on any atom is 0.241 e. The number of likely N-dealkylation sites (N-methyl/N-ethyl adjacent to an activating group) is 1. The molecule has 0 saturated heterocycles. The van der Waals surface area contributed by atoms with Gasteiger partial charge in [-0.05, 0) is 25.0 Å². The number of guanidine groups is 1. The first kappa shape index (κ1) is 19.0. The van der Waals surface area contributed by atoms with E-state index in [9.17, 15) is 4.79 Å². The lowest BCUT2D eigenvalue weighted by molar-refractivity contribution is -0.127. The molecule has 0 aliphatic heterocycles. The van der Waals surface area contributed by atoms with Gasteiger partial charge in [0.25, 0.3) is 0 Å². The fourth-order valence-corrected chi connectivity index (χ4v) is 1.79. The fourth-order valence-electron chi connectivity index (χ4n) is 1.79. The van der Waals surface area contributed by atoms with Gasteiger partial charge in [0.15, 0.2) is 5.96 Å². The number of benzene rings is 1. The average Bonchev–Trinajstić information content (AvgIpc) is 2.56. The van der Waals surface area contributed by atoms with Gasteiger partial charge < -0.3 is 20.3 Å². The van der Waals surface area contributed by atoms with Crippen LogP contribution in [0.5, 0.6) is 0 Å². The summed E-state index contributed by atoms with van der Waals surface area (Å²) in [5, 5.41) is 6.17. The molecule has 128 valence electrons. The second kappa shape index (κ2) is 10.6. The molecule has 0 saturated carbocycles.